The molecule has 0 aliphatic carbocycles. The summed E-state index contributed by atoms with van der Waals surface area (Å²) in [4.78, 5) is 42.0. The van der Waals surface area contributed by atoms with E-state index in [1.54, 1.807) is 6.92 Å². The molecule has 1 heterocycles. The van der Waals surface area contributed by atoms with E-state index in [1.807, 2.05) is 64.1 Å². The van der Waals surface area contributed by atoms with E-state index in [-0.39, 0.29) is 17.2 Å². The fourth-order valence-electron chi connectivity index (χ4n) is 4.77. The lowest BCUT2D eigenvalue weighted by molar-refractivity contribution is -0.151. The number of esters is 2. The number of carbonyl (C=O) groups is 3. The number of amides is 1. The molecule has 3 rings (SSSR count). The first-order valence-corrected chi connectivity index (χ1v) is 14.8. The highest BCUT2D eigenvalue weighted by atomic mass is 16.7. The minimum Gasteiger partial charge on any atom is -0.494 e. The second-order valence-corrected chi connectivity index (χ2v) is 10.4. The number of hydrogen-bond donors (Lipinski definition) is 1. The molecule has 0 unspecified atom stereocenters. The van der Waals surface area contributed by atoms with Crippen molar-refractivity contribution in [3.8, 4) is 23.0 Å². The van der Waals surface area contributed by atoms with Crippen molar-refractivity contribution >= 4 is 17.8 Å². The Bertz CT molecular complexity index is 1430. The van der Waals surface area contributed by atoms with Crippen molar-refractivity contribution in [2.24, 2.45) is 0 Å². The SMILES string of the molecule is CCOc1cc(C)ccc1C(c1ccc(C)cc1OCC)[C@H](C)OC(=O)[C@H](C)NC(=O)c1nccc(OC)c1OCOC(C)=O. The van der Waals surface area contributed by atoms with Crippen LogP contribution < -0.4 is 24.3 Å². The van der Waals surface area contributed by atoms with Crippen LogP contribution in [0.4, 0.5) is 0 Å². The second kappa shape index (κ2) is 16.3. The number of nitrogens with zero attached hydrogens (tertiary/aromatic N) is 1. The topological polar surface area (TPSA) is 132 Å². The molecule has 3 aromatic rings. The number of aromatic nitrogens is 1. The number of methoxy groups -OCH3 is 1. The summed E-state index contributed by atoms with van der Waals surface area (Å²) in [5.41, 5.74) is 3.56. The summed E-state index contributed by atoms with van der Waals surface area (Å²) in [5, 5.41) is 2.62. The van der Waals surface area contributed by atoms with E-state index in [2.05, 4.69) is 10.3 Å². The summed E-state index contributed by atoms with van der Waals surface area (Å²) in [6, 6.07) is 12.3. The van der Waals surface area contributed by atoms with Gasteiger partial charge in [0.05, 0.1) is 26.2 Å². The van der Waals surface area contributed by atoms with Crippen LogP contribution in [0.15, 0.2) is 48.7 Å². The number of hydrogen-bond acceptors (Lipinski definition) is 10. The Labute approximate surface area is 264 Å². The molecule has 0 saturated heterocycles. The van der Waals surface area contributed by atoms with Gasteiger partial charge in [-0.15, -0.1) is 0 Å². The number of benzene rings is 2. The molecule has 0 fully saturated rings. The van der Waals surface area contributed by atoms with Gasteiger partial charge >= 0.3 is 11.9 Å². The number of aryl methyl sites for hydroxylation is 2. The van der Waals surface area contributed by atoms with Gasteiger partial charge in [0.25, 0.3) is 5.91 Å². The Morgan fingerprint density at radius 3 is 1.93 bits per heavy atom. The van der Waals surface area contributed by atoms with Crippen molar-refractivity contribution < 1.29 is 42.8 Å². The summed E-state index contributed by atoms with van der Waals surface area (Å²) in [7, 11) is 1.39. The molecule has 1 aromatic heterocycles. The zero-order chi connectivity index (χ0) is 33.1. The first-order valence-electron chi connectivity index (χ1n) is 14.8. The molecule has 2 aromatic carbocycles. The molecule has 2 atom stereocenters. The lowest BCUT2D eigenvalue weighted by Gasteiger charge is -2.29. The Hall–Kier alpha value is -4.80. The zero-order valence-corrected chi connectivity index (χ0v) is 27.1. The number of nitrogens with one attached hydrogen (secondary N) is 1. The molecule has 0 bridgehead atoms. The van der Waals surface area contributed by atoms with E-state index in [0.717, 1.165) is 22.3 Å². The van der Waals surface area contributed by atoms with Crippen LogP contribution >= 0.6 is 0 Å². The minimum atomic E-state index is -1.07. The number of carbonyl (C=O) groups excluding carboxylic acids is 3. The highest BCUT2D eigenvalue weighted by molar-refractivity contribution is 5.98. The predicted molar refractivity (Wildman–Crippen MR) is 167 cm³/mol. The molecule has 1 amide bonds. The fourth-order valence-corrected chi connectivity index (χ4v) is 4.77. The summed E-state index contributed by atoms with van der Waals surface area (Å²) < 4.78 is 33.6. The van der Waals surface area contributed by atoms with Crippen LogP contribution in [-0.2, 0) is 19.1 Å². The summed E-state index contributed by atoms with van der Waals surface area (Å²) in [6.07, 6.45) is 0.662. The van der Waals surface area contributed by atoms with Gasteiger partial charge in [0.2, 0.25) is 6.79 Å². The average Bonchev–Trinajstić information content (AvgIpc) is 2.99. The quantitative estimate of drug-likeness (QED) is 0.176. The number of rotatable bonds is 15. The zero-order valence-electron chi connectivity index (χ0n) is 27.1. The van der Waals surface area contributed by atoms with Gasteiger partial charge in [0.1, 0.15) is 23.6 Å². The van der Waals surface area contributed by atoms with Crippen LogP contribution in [0.2, 0.25) is 0 Å². The summed E-state index contributed by atoms with van der Waals surface area (Å²) >= 11 is 0. The Balaban J connectivity index is 1.90. The fraction of sp³-hybridized carbons (Fsp3) is 0.412. The molecule has 242 valence electrons. The van der Waals surface area contributed by atoms with Gasteiger partial charge < -0.3 is 33.7 Å². The van der Waals surface area contributed by atoms with Crippen molar-refractivity contribution in [2.75, 3.05) is 27.1 Å². The first-order chi connectivity index (χ1) is 21.5. The van der Waals surface area contributed by atoms with E-state index in [4.69, 9.17) is 28.4 Å². The van der Waals surface area contributed by atoms with E-state index in [9.17, 15) is 14.4 Å². The van der Waals surface area contributed by atoms with Crippen molar-refractivity contribution in [1.82, 2.24) is 10.3 Å². The van der Waals surface area contributed by atoms with Gasteiger partial charge in [0.15, 0.2) is 17.2 Å². The van der Waals surface area contributed by atoms with Crippen molar-refractivity contribution in [3.63, 3.8) is 0 Å². The lowest BCUT2D eigenvalue weighted by atomic mass is 9.85. The number of pyridine rings is 1. The normalized spacial score (nSPS) is 12.1. The Morgan fingerprint density at radius 1 is 0.844 bits per heavy atom. The lowest BCUT2D eigenvalue weighted by Crippen LogP contribution is -2.41. The van der Waals surface area contributed by atoms with Crippen LogP contribution in [0, 0.1) is 13.8 Å². The first kappa shape index (κ1) is 34.7. The monoisotopic (exact) mass is 622 g/mol. The summed E-state index contributed by atoms with van der Waals surface area (Å²) in [6.45, 7) is 12.8. The van der Waals surface area contributed by atoms with Crippen LogP contribution in [-0.4, -0.2) is 62.1 Å². The van der Waals surface area contributed by atoms with Crippen molar-refractivity contribution in [2.45, 2.75) is 66.5 Å². The van der Waals surface area contributed by atoms with Crippen molar-refractivity contribution in [3.05, 3.63) is 76.6 Å². The molecule has 11 nitrogen and oxygen atoms in total. The van der Waals surface area contributed by atoms with Gasteiger partial charge in [-0.1, -0.05) is 24.3 Å². The van der Waals surface area contributed by atoms with Gasteiger partial charge in [-0.05, 0) is 64.8 Å². The van der Waals surface area contributed by atoms with Crippen LogP contribution in [0.1, 0.15) is 73.3 Å². The van der Waals surface area contributed by atoms with E-state index >= 15 is 0 Å². The second-order valence-electron chi connectivity index (χ2n) is 10.4. The van der Waals surface area contributed by atoms with E-state index < -0.39 is 42.7 Å². The molecule has 0 saturated carbocycles. The third-order valence-corrected chi connectivity index (χ3v) is 6.85. The van der Waals surface area contributed by atoms with Gasteiger partial charge in [-0.25, -0.2) is 9.78 Å². The van der Waals surface area contributed by atoms with Gasteiger partial charge in [0, 0.05) is 30.3 Å². The van der Waals surface area contributed by atoms with Crippen LogP contribution in [0.25, 0.3) is 0 Å². The third-order valence-electron chi connectivity index (χ3n) is 6.85. The Kier molecular flexibility index (Phi) is 12.6. The van der Waals surface area contributed by atoms with Crippen molar-refractivity contribution in [1.29, 1.82) is 0 Å². The molecule has 45 heavy (non-hydrogen) atoms. The smallest absolute Gasteiger partial charge is 0.328 e. The Morgan fingerprint density at radius 2 is 1.42 bits per heavy atom. The maximum atomic E-state index is 13.4. The van der Waals surface area contributed by atoms with E-state index in [1.165, 1.54) is 33.2 Å². The third kappa shape index (κ3) is 9.10. The predicted octanol–water partition coefficient (Wildman–Crippen LogP) is 5.29. The molecule has 1 N–H and O–H groups in total. The highest BCUT2D eigenvalue weighted by Gasteiger charge is 2.32. The van der Waals surface area contributed by atoms with Crippen LogP contribution in [0.5, 0.6) is 23.0 Å². The average molecular weight is 623 g/mol. The van der Waals surface area contributed by atoms with Gasteiger partial charge in [-0.2, -0.15) is 0 Å². The molecule has 0 radical (unpaired) electrons. The standard InChI is InChI=1S/C34H42N2O9/c1-9-41-28-17-20(3)11-13-25(28)30(26-14-12-21(4)18-29(26)42-10-2)23(6)45-34(39)22(5)36-33(38)31-32(44-19-43-24(7)37)27(40-8)15-16-35-31/h11-18,22-23,30H,9-10,19H2,1-8H3,(H,36,38)/t22-,23-/m0/s1. The molecular weight excluding hydrogens is 580 g/mol. The molecular formula is C34H42N2O9. The van der Waals surface area contributed by atoms with Crippen LogP contribution in [0.3, 0.4) is 0 Å². The molecule has 11 heteroatoms. The maximum Gasteiger partial charge on any atom is 0.328 e. The highest BCUT2D eigenvalue weighted by Crippen LogP contribution is 2.41. The summed E-state index contributed by atoms with van der Waals surface area (Å²) in [5.74, 6) is -0.886. The van der Waals surface area contributed by atoms with E-state index in [0.29, 0.717) is 24.7 Å². The minimum absolute atomic E-state index is 0.0431. The molecule has 0 aliphatic rings. The maximum absolute atomic E-state index is 13.4. The van der Waals surface area contributed by atoms with Gasteiger partial charge in [-0.3, -0.25) is 9.59 Å². The molecule has 0 aliphatic heterocycles. The largest absolute Gasteiger partial charge is 0.494 e. The number of ether oxygens (including phenoxy) is 6. The molecule has 0 spiro atoms.